The van der Waals surface area contributed by atoms with Crippen LogP contribution in [0, 0.1) is 0 Å². The fourth-order valence-electron chi connectivity index (χ4n) is 1.46. The first-order valence-electron chi connectivity index (χ1n) is 5.29. The fourth-order valence-corrected chi connectivity index (χ4v) is 1.46. The third kappa shape index (κ3) is 3.54. The van der Waals surface area contributed by atoms with Gasteiger partial charge in [-0.25, -0.2) is 0 Å². The minimum Gasteiger partial charge on any atom is -0.467 e. The van der Waals surface area contributed by atoms with Gasteiger partial charge in [0.1, 0.15) is 12.0 Å². The minimum absolute atomic E-state index is 0. The minimum atomic E-state index is 0. The molecular formula is C11H19ClN2O2. The average Bonchev–Trinajstić information content (AvgIpc) is 2.73. The number of carbonyl (C=O) groups excluding carboxylic acids is 1. The van der Waals surface area contributed by atoms with Crippen molar-refractivity contribution in [2.75, 3.05) is 13.1 Å². The van der Waals surface area contributed by atoms with E-state index in [1.54, 1.807) is 11.0 Å². The second-order valence-corrected chi connectivity index (χ2v) is 3.39. The normalized spacial score (nSPS) is 9.69. The number of amides is 1. The van der Waals surface area contributed by atoms with Crippen molar-refractivity contribution in [3.63, 3.8) is 0 Å². The summed E-state index contributed by atoms with van der Waals surface area (Å²) in [6.07, 6.45) is 2.43. The number of hydrogen-bond donors (Lipinski definition) is 1. The summed E-state index contributed by atoms with van der Waals surface area (Å²) in [5, 5.41) is 0. The zero-order chi connectivity index (χ0) is 11.3. The molecule has 0 aliphatic heterocycles. The summed E-state index contributed by atoms with van der Waals surface area (Å²) in [6.45, 7) is 5.84. The topological polar surface area (TPSA) is 59.5 Å². The van der Waals surface area contributed by atoms with Crippen LogP contribution in [0.2, 0.25) is 0 Å². The highest BCUT2D eigenvalue weighted by Crippen LogP contribution is 2.10. The van der Waals surface area contributed by atoms with Crippen molar-refractivity contribution >= 4 is 18.3 Å². The smallest absolute Gasteiger partial charge is 0.257 e. The molecule has 0 aliphatic carbocycles. The quantitative estimate of drug-likeness (QED) is 0.865. The van der Waals surface area contributed by atoms with Gasteiger partial charge >= 0.3 is 0 Å². The SMILES string of the molecule is CCCN(CC)C(=O)c1coc(CN)c1.Cl. The Bertz CT molecular complexity index is 326. The first kappa shape index (κ1) is 15.0. The summed E-state index contributed by atoms with van der Waals surface area (Å²) in [5.41, 5.74) is 6.00. The fraction of sp³-hybridized carbons (Fsp3) is 0.545. The Hall–Kier alpha value is -1.00. The van der Waals surface area contributed by atoms with Crippen molar-refractivity contribution in [2.24, 2.45) is 5.73 Å². The number of rotatable bonds is 5. The second-order valence-electron chi connectivity index (χ2n) is 3.39. The molecule has 0 radical (unpaired) electrons. The van der Waals surface area contributed by atoms with Gasteiger partial charge in [-0.15, -0.1) is 12.4 Å². The van der Waals surface area contributed by atoms with Gasteiger partial charge in [0.25, 0.3) is 5.91 Å². The van der Waals surface area contributed by atoms with Crippen LogP contribution < -0.4 is 5.73 Å². The summed E-state index contributed by atoms with van der Waals surface area (Å²) in [6, 6.07) is 1.71. The Morgan fingerprint density at radius 1 is 1.50 bits per heavy atom. The molecule has 92 valence electrons. The number of carbonyl (C=O) groups is 1. The Morgan fingerprint density at radius 3 is 2.62 bits per heavy atom. The van der Waals surface area contributed by atoms with Crippen LogP contribution in [-0.2, 0) is 6.54 Å². The lowest BCUT2D eigenvalue weighted by Gasteiger charge is -2.18. The van der Waals surface area contributed by atoms with Crippen molar-refractivity contribution < 1.29 is 9.21 Å². The molecule has 1 aromatic rings. The third-order valence-electron chi connectivity index (χ3n) is 2.26. The molecule has 0 unspecified atom stereocenters. The molecule has 0 aromatic carbocycles. The molecular weight excluding hydrogens is 228 g/mol. The number of nitrogens with zero attached hydrogens (tertiary/aromatic N) is 1. The summed E-state index contributed by atoms with van der Waals surface area (Å²) in [5.74, 6) is 0.661. The van der Waals surface area contributed by atoms with E-state index in [4.69, 9.17) is 10.2 Å². The summed E-state index contributed by atoms with van der Waals surface area (Å²) >= 11 is 0. The van der Waals surface area contributed by atoms with Crippen LogP contribution in [0.3, 0.4) is 0 Å². The lowest BCUT2D eigenvalue weighted by Crippen LogP contribution is -2.31. The first-order valence-corrected chi connectivity index (χ1v) is 5.29. The Labute approximate surface area is 102 Å². The highest BCUT2D eigenvalue weighted by Gasteiger charge is 2.15. The van der Waals surface area contributed by atoms with Gasteiger partial charge in [0.15, 0.2) is 0 Å². The van der Waals surface area contributed by atoms with Crippen LogP contribution in [0.4, 0.5) is 0 Å². The van der Waals surface area contributed by atoms with E-state index in [1.807, 2.05) is 6.92 Å². The molecule has 1 amide bonds. The lowest BCUT2D eigenvalue weighted by atomic mass is 10.2. The van der Waals surface area contributed by atoms with E-state index in [0.717, 1.165) is 19.5 Å². The van der Waals surface area contributed by atoms with Gasteiger partial charge in [0.05, 0.1) is 12.1 Å². The predicted molar refractivity (Wildman–Crippen MR) is 65.7 cm³/mol. The van der Waals surface area contributed by atoms with Crippen molar-refractivity contribution in [3.8, 4) is 0 Å². The molecule has 1 heterocycles. The highest BCUT2D eigenvalue weighted by atomic mass is 35.5. The van der Waals surface area contributed by atoms with Crippen molar-refractivity contribution in [1.82, 2.24) is 4.90 Å². The highest BCUT2D eigenvalue weighted by molar-refractivity contribution is 5.94. The van der Waals surface area contributed by atoms with E-state index in [-0.39, 0.29) is 18.3 Å². The van der Waals surface area contributed by atoms with Gasteiger partial charge in [-0.3, -0.25) is 4.79 Å². The van der Waals surface area contributed by atoms with E-state index in [2.05, 4.69) is 6.92 Å². The molecule has 0 saturated heterocycles. The monoisotopic (exact) mass is 246 g/mol. The van der Waals surface area contributed by atoms with Gasteiger partial charge < -0.3 is 15.1 Å². The number of hydrogen-bond acceptors (Lipinski definition) is 3. The van der Waals surface area contributed by atoms with Crippen LogP contribution in [0.5, 0.6) is 0 Å². The molecule has 5 heteroatoms. The molecule has 16 heavy (non-hydrogen) atoms. The van der Waals surface area contributed by atoms with Crippen molar-refractivity contribution in [1.29, 1.82) is 0 Å². The molecule has 0 spiro atoms. The van der Waals surface area contributed by atoms with Crippen LogP contribution in [0.25, 0.3) is 0 Å². The lowest BCUT2D eigenvalue weighted by molar-refractivity contribution is 0.0763. The summed E-state index contributed by atoms with van der Waals surface area (Å²) < 4.78 is 5.14. The average molecular weight is 247 g/mol. The van der Waals surface area contributed by atoms with Crippen LogP contribution in [0.15, 0.2) is 16.7 Å². The van der Waals surface area contributed by atoms with E-state index in [9.17, 15) is 4.79 Å². The maximum absolute atomic E-state index is 11.9. The Balaban J connectivity index is 0.00000225. The molecule has 4 nitrogen and oxygen atoms in total. The van der Waals surface area contributed by atoms with Gasteiger partial charge in [-0.1, -0.05) is 6.92 Å². The molecule has 0 fully saturated rings. The Kier molecular flexibility index (Phi) is 6.85. The number of halogens is 1. The van der Waals surface area contributed by atoms with Gasteiger partial charge in [0, 0.05) is 13.1 Å². The van der Waals surface area contributed by atoms with Crippen molar-refractivity contribution in [2.45, 2.75) is 26.8 Å². The number of nitrogens with two attached hydrogens (primary N) is 1. The molecule has 0 bridgehead atoms. The molecule has 0 saturated carbocycles. The van der Waals surface area contributed by atoms with Crippen LogP contribution in [-0.4, -0.2) is 23.9 Å². The Morgan fingerprint density at radius 2 is 2.19 bits per heavy atom. The van der Waals surface area contributed by atoms with E-state index in [0.29, 0.717) is 17.9 Å². The predicted octanol–water partition coefficient (Wildman–Crippen LogP) is 2.03. The van der Waals surface area contributed by atoms with Gasteiger partial charge in [0.2, 0.25) is 0 Å². The maximum Gasteiger partial charge on any atom is 0.257 e. The second kappa shape index (κ2) is 7.30. The third-order valence-corrected chi connectivity index (χ3v) is 2.26. The number of furan rings is 1. The summed E-state index contributed by atoms with van der Waals surface area (Å²) in [4.78, 5) is 13.7. The van der Waals surface area contributed by atoms with Gasteiger partial charge in [-0.05, 0) is 19.4 Å². The standard InChI is InChI=1S/C11H18N2O2.ClH/c1-3-5-13(4-2)11(14)9-6-10(7-12)15-8-9;/h6,8H,3-5,7,12H2,1-2H3;1H. The van der Waals surface area contributed by atoms with Crippen LogP contribution in [0.1, 0.15) is 36.4 Å². The first-order chi connectivity index (χ1) is 7.22. The van der Waals surface area contributed by atoms with E-state index < -0.39 is 0 Å². The zero-order valence-corrected chi connectivity index (χ0v) is 10.5. The molecule has 1 rings (SSSR count). The summed E-state index contributed by atoms with van der Waals surface area (Å²) in [7, 11) is 0. The molecule has 0 aliphatic rings. The molecule has 1 aromatic heterocycles. The van der Waals surface area contributed by atoms with E-state index in [1.165, 1.54) is 6.26 Å². The maximum atomic E-state index is 11.9. The van der Waals surface area contributed by atoms with E-state index >= 15 is 0 Å². The van der Waals surface area contributed by atoms with Crippen LogP contribution >= 0.6 is 12.4 Å². The van der Waals surface area contributed by atoms with Crippen molar-refractivity contribution in [3.05, 3.63) is 23.7 Å². The largest absolute Gasteiger partial charge is 0.467 e. The molecule has 0 atom stereocenters. The molecule has 2 N–H and O–H groups in total. The zero-order valence-electron chi connectivity index (χ0n) is 9.73. The van der Waals surface area contributed by atoms with Gasteiger partial charge in [-0.2, -0.15) is 0 Å².